The maximum absolute atomic E-state index is 13.0. The van der Waals surface area contributed by atoms with Crippen molar-refractivity contribution >= 4 is 21.5 Å². The number of carbonyl (C=O) groups is 1. The molecule has 0 aliphatic heterocycles. The lowest BCUT2D eigenvalue weighted by Gasteiger charge is -2.16. The Morgan fingerprint density at radius 2 is 1.75 bits per heavy atom. The topological polar surface area (TPSA) is 99.6 Å². The number of carbonyl (C=O) groups excluding carboxylic acids is 1. The minimum absolute atomic E-state index is 0.157. The van der Waals surface area contributed by atoms with E-state index in [1.807, 2.05) is 0 Å². The lowest BCUT2D eigenvalue weighted by Crippen LogP contribution is -2.37. The van der Waals surface area contributed by atoms with Gasteiger partial charge in [0, 0.05) is 6.92 Å². The van der Waals surface area contributed by atoms with Crippen LogP contribution in [-0.4, -0.2) is 24.7 Å². The maximum Gasteiger partial charge on any atom is 0.416 e. The van der Waals surface area contributed by atoms with E-state index in [1.54, 1.807) is 19.1 Å². The fraction of sp³-hybridized carbons (Fsp3) is 0.222. The third-order valence-corrected chi connectivity index (χ3v) is 5.33. The monoisotopic (exact) mass is 411 g/mol. The van der Waals surface area contributed by atoms with E-state index in [0.717, 1.165) is 24.6 Å². The van der Waals surface area contributed by atoms with Crippen molar-refractivity contribution in [1.29, 1.82) is 0 Å². The summed E-state index contributed by atoms with van der Waals surface area (Å²) in [7, 11) is -4.24. The highest BCUT2D eigenvalue weighted by atomic mass is 32.2. The van der Waals surface area contributed by atoms with Crippen molar-refractivity contribution in [3.63, 3.8) is 0 Å². The minimum Gasteiger partial charge on any atom is -0.361 e. The van der Waals surface area contributed by atoms with Crippen LogP contribution in [0.2, 0.25) is 0 Å². The van der Waals surface area contributed by atoms with Crippen molar-refractivity contribution in [3.05, 3.63) is 70.8 Å². The van der Waals surface area contributed by atoms with Crippen LogP contribution in [0, 0.1) is 6.92 Å². The molecule has 0 aromatic heterocycles. The Morgan fingerprint density at radius 3 is 2.25 bits per heavy atom. The van der Waals surface area contributed by atoms with E-state index in [2.05, 4.69) is 9.51 Å². The highest BCUT2D eigenvalue weighted by molar-refractivity contribution is 7.89. The van der Waals surface area contributed by atoms with E-state index in [4.69, 9.17) is 0 Å². The molecule has 2 rings (SSSR count). The molecule has 10 heteroatoms. The highest BCUT2D eigenvalue weighted by Crippen LogP contribution is 2.31. The van der Waals surface area contributed by atoms with Gasteiger partial charge in [0.25, 0.3) is 0 Å². The summed E-state index contributed by atoms with van der Waals surface area (Å²) in [6.45, 7) is 2.76. The molecule has 0 aliphatic rings. The molecule has 0 bridgehead atoms. The van der Waals surface area contributed by atoms with E-state index >= 15 is 0 Å². The molecule has 0 spiro atoms. The van der Waals surface area contributed by atoms with E-state index in [0.29, 0.717) is 6.07 Å². The number of halogens is 3. The highest BCUT2D eigenvalue weighted by Gasteiger charge is 2.36. The molecule has 0 saturated carbocycles. The van der Waals surface area contributed by atoms with Gasteiger partial charge >= 0.3 is 11.9 Å². The van der Waals surface area contributed by atoms with Gasteiger partial charge in [0.15, 0.2) is 6.04 Å². The molecule has 0 fully saturated rings. The molecule has 28 heavy (non-hydrogen) atoms. The van der Waals surface area contributed by atoms with Gasteiger partial charge in [-0.2, -0.15) is 22.7 Å². The number of alkyl halides is 3. The maximum atomic E-state index is 13.0. The first kappa shape index (κ1) is 21.5. The molecular weight excluding hydrogens is 395 g/mol. The molecule has 148 valence electrons. The van der Waals surface area contributed by atoms with Crippen LogP contribution < -0.4 is 4.72 Å². The van der Waals surface area contributed by atoms with Crippen molar-refractivity contribution < 1.29 is 31.2 Å². The number of rotatable bonds is 6. The predicted molar refractivity (Wildman–Crippen MR) is 95.0 cm³/mol. The van der Waals surface area contributed by atoms with E-state index in [-0.39, 0.29) is 10.5 Å². The standard InChI is InChI=1S/C18H16F3N3O3S/c1-11-6-8-15(9-7-11)28(26,27)24-17(16(23-22)12(2)25)13-4-3-5-14(10-13)18(19,20)21/h3-10,17,24H,1-2H3. The van der Waals surface area contributed by atoms with Crippen LogP contribution in [0.5, 0.6) is 0 Å². The SMILES string of the molecule is CC(=O)C(=[N+]=[N-])C(NS(=O)(=O)c1ccc(C)cc1)c1cccc(C(F)(F)F)c1. The molecule has 0 heterocycles. The van der Waals surface area contributed by atoms with Crippen molar-refractivity contribution in [1.82, 2.24) is 4.72 Å². The van der Waals surface area contributed by atoms with Crippen LogP contribution in [0.3, 0.4) is 0 Å². The summed E-state index contributed by atoms with van der Waals surface area (Å²) < 4.78 is 66.6. The summed E-state index contributed by atoms with van der Waals surface area (Å²) in [6, 6.07) is 7.85. The van der Waals surface area contributed by atoms with Crippen LogP contribution in [0.4, 0.5) is 13.2 Å². The van der Waals surface area contributed by atoms with Crippen LogP contribution in [0.1, 0.15) is 29.7 Å². The van der Waals surface area contributed by atoms with Gasteiger partial charge < -0.3 is 5.53 Å². The molecule has 1 atom stereocenters. The Morgan fingerprint density at radius 1 is 1.14 bits per heavy atom. The Kier molecular flexibility index (Phi) is 6.18. The second-order valence-corrected chi connectivity index (χ2v) is 7.75. The van der Waals surface area contributed by atoms with Gasteiger partial charge in [-0.25, -0.2) is 8.42 Å². The van der Waals surface area contributed by atoms with E-state index in [9.17, 15) is 31.9 Å². The van der Waals surface area contributed by atoms with Crippen LogP contribution >= 0.6 is 0 Å². The molecule has 6 nitrogen and oxygen atoms in total. The molecule has 1 unspecified atom stereocenters. The first-order chi connectivity index (χ1) is 13.0. The predicted octanol–water partition coefficient (Wildman–Crippen LogP) is 3.29. The number of nitrogens with zero attached hydrogens (tertiary/aromatic N) is 2. The number of sulfonamides is 1. The zero-order chi connectivity index (χ0) is 21.1. The zero-order valence-corrected chi connectivity index (χ0v) is 15.7. The summed E-state index contributed by atoms with van der Waals surface area (Å²) in [5.41, 5.74) is 8.09. The van der Waals surface area contributed by atoms with E-state index < -0.39 is 39.3 Å². The largest absolute Gasteiger partial charge is 0.416 e. The molecule has 2 aromatic carbocycles. The lowest BCUT2D eigenvalue weighted by molar-refractivity contribution is -0.137. The normalized spacial score (nSPS) is 12.9. The Bertz CT molecular complexity index is 1040. The smallest absolute Gasteiger partial charge is 0.361 e. The summed E-state index contributed by atoms with van der Waals surface area (Å²) in [5, 5.41) is 0. The van der Waals surface area contributed by atoms with Gasteiger partial charge in [0.05, 0.1) is 10.5 Å². The molecule has 2 aromatic rings. The van der Waals surface area contributed by atoms with Gasteiger partial charge in [0.2, 0.25) is 15.8 Å². The molecule has 0 radical (unpaired) electrons. The average molecular weight is 411 g/mol. The third kappa shape index (κ3) is 4.92. The van der Waals surface area contributed by atoms with Gasteiger partial charge in [-0.05, 0) is 36.8 Å². The number of hydrogen-bond acceptors (Lipinski definition) is 3. The molecule has 1 N–H and O–H groups in total. The van der Waals surface area contributed by atoms with Gasteiger partial charge in [-0.3, -0.25) is 4.79 Å². The Labute approximate surface area is 159 Å². The first-order valence-electron chi connectivity index (χ1n) is 7.95. The van der Waals surface area contributed by atoms with Crippen molar-refractivity contribution in [2.75, 3.05) is 0 Å². The van der Waals surface area contributed by atoms with Crippen molar-refractivity contribution in [3.8, 4) is 0 Å². The van der Waals surface area contributed by atoms with Crippen molar-refractivity contribution in [2.24, 2.45) is 0 Å². The fourth-order valence-corrected chi connectivity index (χ4v) is 3.64. The average Bonchev–Trinajstić information content (AvgIpc) is 2.61. The summed E-state index contributed by atoms with van der Waals surface area (Å²) in [5.74, 6) is -0.809. The van der Waals surface area contributed by atoms with Gasteiger partial charge in [-0.1, -0.05) is 29.8 Å². The summed E-state index contributed by atoms with van der Waals surface area (Å²) in [6.07, 6.45) is -4.68. The first-order valence-corrected chi connectivity index (χ1v) is 9.43. The molecule has 0 aliphatic carbocycles. The van der Waals surface area contributed by atoms with Gasteiger partial charge in [0.1, 0.15) is 0 Å². The molecule has 0 saturated heterocycles. The number of aryl methyl sites for hydroxylation is 1. The Balaban J connectivity index is 2.57. The lowest BCUT2D eigenvalue weighted by atomic mass is 9.98. The number of Topliss-reactive ketones (excluding diaryl/α,β-unsaturated/α-hetero) is 1. The van der Waals surface area contributed by atoms with E-state index in [1.165, 1.54) is 18.2 Å². The number of hydrogen-bond donors (Lipinski definition) is 1. The molecular formula is C18H16F3N3O3S. The Hall–Kier alpha value is -2.81. The van der Waals surface area contributed by atoms with Gasteiger partial charge in [-0.15, -0.1) is 0 Å². The number of benzene rings is 2. The van der Waals surface area contributed by atoms with Crippen LogP contribution in [0.25, 0.3) is 5.53 Å². The quantitative estimate of drug-likeness (QED) is 0.448. The van der Waals surface area contributed by atoms with Crippen LogP contribution in [0.15, 0.2) is 53.4 Å². The molecule has 0 amide bonds. The van der Waals surface area contributed by atoms with Crippen LogP contribution in [-0.2, 0) is 21.0 Å². The zero-order valence-electron chi connectivity index (χ0n) is 14.9. The number of nitrogens with one attached hydrogen (secondary N) is 1. The van der Waals surface area contributed by atoms with Crippen molar-refractivity contribution in [2.45, 2.75) is 31.0 Å². The number of ketones is 1. The second-order valence-electron chi connectivity index (χ2n) is 6.03. The third-order valence-electron chi connectivity index (χ3n) is 3.89. The minimum atomic E-state index is -4.68. The second kappa shape index (κ2) is 8.05. The summed E-state index contributed by atoms with van der Waals surface area (Å²) in [4.78, 5) is 14.4. The summed E-state index contributed by atoms with van der Waals surface area (Å²) >= 11 is 0. The fourth-order valence-electron chi connectivity index (χ4n) is 2.45.